The first-order chi connectivity index (χ1) is 11.5. The second kappa shape index (κ2) is 10.4. The number of anilines is 2. The number of carbonyl (C=O) groups is 2. The number of amides is 2. The van der Waals surface area contributed by atoms with Crippen molar-refractivity contribution in [1.29, 1.82) is 0 Å². The molecule has 140 valence electrons. The normalized spacial score (nSPS) is 16.0. The van der Waals surface area contributed by atoms with Gasteiger partial charge >= 0.3 is 0 Å². The molecule has 0 spiro atoms. The van der Waals surface area contributed by atoms with Crippen molar-refractivity contribution in [3.63, 3.8) is 0 Å². The SMILES string of the molecule is CC(C)C[C@H](N)C(=O)Nc1cccc(NC(=O)C2CCCCC2)c1.Cl. The van der Waals surface area contributed by atoms with Crippen LogP contribution in [0.1, 0.15) is 52.4 Å². The molecule has 0 aromatic heterocycles. The van der Waals surface area contributed by atoms with E-state index in [9.17, 15) is 9.59 Å². The average molecular weight is 368 g/mol. The molecule has 25 heavy (non-hydrogen) atoms. The van der Waals surface area contributed by atoms with Gasteiger partial charge < -0.3 is 16.4 Å². The van der Waals surface area contributed by atoms with Gasteiger partial charge in [-0.1, -0.05) is 39.2 Å². The molecule has 0 aliphatic heterocycles. The third kappa shape index (κ3) is 7.04. The molecule has 0 radical (unpaired) electrons. The maximum atomic E-state index is 12.3. The highest BCUT2D eigenvalue weighted by Crippen LogP contribution is 2.25. The number of benzene rings is 1. The van der Waals surface area contributed by atoms with Crippen molar-refractivity contribution in [2.24, 2.45) is 17.6 Å². The van der Waals surface area contributed by atoms with Crippen LogP contribution in [0.2, 0.25) is 0 Å². The van der Waals surface area contributed by atoms with Crippen LogP contribution in [0.25, 0.3) is 0 Å². The van der Waals surface area contributed by atoms with Crippen LogP contribution in [-0.2, 0) is 9.59 Å². The van der Waals surface area contributed by atoms with Crippen LogP contribution in [-0.4, -0.2) is 17.9 Å². The molecule has 1 fully saturated rings. The lowest BCUT2D eigenvalue weighted by atomic mass is 9.88. The second-order valence-electron chi connectivity index (χ2n) is 7.13. The van der Waals surface area contributed by atoms with Gasteiger partial charge in [0.1, 0.15) is 0 Å². The van der Waals surface area contributed by atoms with Crippen molar-refractivity contribution in [3.05, 3.63) is 24.3 Å². The zero-order valence-electron chi connectivity index (χ0n) is 15.1. The van der Waals surface area contributed by atoms with Gasteiger partial charge in [-0.15, -0.1) is 12.4 Å². The monoisotopic (exact) mass is 367 g/mol. The molecular weight excluding hydrogens is 338 g/mol. The Labute approximate surface area is 156 Å². The van der Waals surface area contributed by atoms with Crippen molar-refractivity contribution < 1.29 is 9.59 Å². The van der Waals surface area contributed by atoms with Gasteiger partial charge in [0.05, 0.1) is 6.04 Å². The van der Waals surface area contributed by atoms with Crippen LogP contribution in [0, 0.1) is 11.8 Å². The summed E-state index contributed by atoms with van der Waals surface area (Å²) in [6.45, 7) is 4.07. The first kappa shape index (κ1) is 21.5. The fraction of sp³-hybridized carbons (Fsp3) is 0.579. The summed E-state index contributed by atoms with van der Waals surface area (Å²) in [4.78, 5) is 24.4. The minimum Gasteiger partial charge on any atom is -0.326 e. The minimum absolute atomic E-state index is 0. The minimum atomic E-state index is -0.523. The number of hydrogen-bond acceptors (Lipinski definition) is 3. The molecule has 0 saturated heterocycles. The first-order valence-electron chi connectivity index (χ1n) is 8.93. The van der Waals surface area contributed by atoms with Gasteiger partial charge in [0.2, 0.25) is 11.8 Å². The first-order valence-corrected chi connectivity index (χ1v) is 8.93. The zero-order chi connectivity index (χ0) is 17.5. The Morgan fingerprint density at radius 3 is 2.32 bits per heavy atom. The summed E-state index contributed by atoms with van der Waals surface area (Å²) < 4.78 is 0. The molecule has 1 saturated carbocycles. The molecule has 0 bridgehead atoms. The van der Waals surface area contributed by atoms with Crippen LogP contribution >= 0.6 is 12.4 Å². The van der Waals surface area contributed by atoms with E-state index in [0.717, 1.165) is 25.7 Å². The van der Waals surface area contributed by atoms with Crippen LogP contribution in [0.15, 0.2) is 24.3 Å². The molecule has 4 N–H and O–H groups in total. The van der Waals surface area contributed by atoms with E-state index >= 15 is 0 Å². The molecule has 1 aliphatic carbocycles. The largest absolute Gasteiger partial charge is 0.326 e. The highest BCUT2D eigenvalue weighted by molar-refractivity contribution is 5.96. The maximum Gasteiger partial charge on any atom is 0.241 e. The van der Waals surface area contributed by atoms with Gasteiger partial charge in [-0.05, 0) is 43.4 Å². The van der Waals surface area contributed by atoms with E-state index < -0.39 is 6.04 Å². The summed E-state index contributed by atoms with van der Waals surface area (Å²) in [5.74, 6) is 0.359. The second-order valence-corrected chi connectivity index (χ2v) is 7.13. The highest BCUT2D eigenvalue weighted by atomic mass is 35.5. The Kier molecular flexibility index (Phi) is 8.93. The molecule has 6 heteroatoms. The zero-order valence-corrected chi connectivity index (χ0v) is 15.9. The molecule has 2 amide bonds. The number of nitrogens with one attached hydrogen (secondary N) is 2. The standard InChI is InChI=1S/C19H29N3O2.ClH/c1-13(2)11-17(20)19(24)22-16-10-6-9-15(12-16)21-18(23)14-7-4-3-5-8-14;/h6,9-10,12-14,17H,3-5,7-8,11,20H2,1-2H3,(H,21,23)(H,22,24);1H/t17-;/m0./s1. The van der Waals surface area contributed by atoms with Crippen LogP contribution in [0.4, 0.5) is 11.4 Å². The van der Waals surface area contributed by atoms with E-state index in [2.05, 4.69) is 10.6 Å². The van der Waals surface area contributed by atoms with Crippen molar-refractivity contribution >= 4 is 35.6 Å². The maximum absolute atomic E-state index is 12.3. The quantitative estimate of drug-likeness (QED) is 0.711. The van der Waals surface area contributed by atoms with Crippen molar-refractivity contribution in [2.45, 2.75) is 58.4 Å². The van der Waals surface area contributed by atoms with E-state index in [1.54, 1.807) is 12.1 Å². The molecule has 1 aromatic rings. The Bertz CT molecular complexity index is 572. The van der Waals surface area contributed by atoms with Gasteiger partial charge in [-0.3, -0.25) is 9.59 Å². The topological polar surface area (TPSA) is 84.2 Å². The number of rotatable bonds is 6. The van der Waals surface area contributed by atoms with E-state index in [4.69, 9.17) is 5.73 Å². The molecule has 1 aliphatic rings. The van der Waals surface area contributed by atoms with Crippen LogP contribution < -0.4 is 16.4 Å². The van der Waals surface area contributed by atoms with Gasteiger partial charge in [-0.25, -0.2) is 0 Å². The van der Waals surface area contributed by atoms with Gasteiger partial charge in [0, 0.05) is 17.3 Å². The fourth-order valence-electron chi connectivity index (χ4n) is 3.13. The van der Waals surface area contributed by atoms with Gasteiger partial charge in [0.15, 0.2) is 0 Å². The number of hydrogen-bond donors (Lipinski definition) is 3. The average Bonchev–Trinajstić information content (AvgIpc) is 2.55. The van der Waals surface area contributed by atoms with Crippen molar-refractivity contribution in [3.8, 4) is 0 Å². The summed E-state index contributed by atoms with van der Waals surface area (Å²) >= 11 is 0. The molecule has 5 nitrogen and oxygen atoms in total. The van der Waals surface area contributed by atoms with Gasteiger partial charge in [0.25, 0.3) is 0 Å². The molecule has 1 atom stereocenters. The summed E-state index contributed by atoms with van der Waals surface area (Å²) in [7, 11) is 0. The summed E-state index contributed by atoms with van der Waals surface area (Å²) in [6.07, 6.45) is 6.05. The number of carbonyl (C=O) groups excluding carboxylic acids is 2. The molecule has 1 aromatic carbocycles. The summed E-state index contributed by atoms with van der Waals surface area (Å²) in [6, 6.07) is 6.71. The van der Waals surface area contributed by atoms with Crippen molar-refractivity contribution in [2.75, 3.05) is 10.6 Å². The predicted molar refractivity (Wildman–Crippen MR) is 105 cm³/mol. The molecule has 0 heterocycles. The lowest BCUT2D eigenvalue weighted by molar-refractivity contribution is -0.120. The lowest BCUT2D eigenvalue weighted by Crippen LogP contribution is -2.36. The van der Waals surface area contributed by atoms with E-state index in [1.807, 2.05) is 26.0 Å². The fourth-order valence-corrected chi connectivity index (χ4v) is 3.13. The predicted octanol–water partition coefficient (Wildman–Crippen LogP) is 3.94. The summed E-state index contributed by atoms with van der Waals surface area (Å²) in [5, 5.41) is 5.79. The molecule has 2 rings (SSSR count). The smallest absolute Gasteiger partial charge is 0.241 e. The third-order valence-corrected chi connectivity index (χ3v) is 4.44. The van der Waals surface area contributed by atoms with Crippen LogP contribution in [0.3, 0.4) is 0 Å². The third-order valence-electron chi connectivity index (χ3n) is 4.44. The summed E-state index contributed by atoms with van der Waals surface area (Å²) in [5.41, 5.74) is 7.26. The Hall–Kier alpha value is -1.59. The molecule has 0 unspecified atom stereocenters. The molecular formula is C19H30ClN3O2. The highest BCUT2D eigenvalue weighted by Gasteiger charge is 2.21. The van der Waals surface area contributed by atoms with Gasteiger partial charge in [-0.2, -0.15) is 0 Å². The van der Waals surface area contributed by atoms with E-state index in [1.165, 1.54) is 6.42 Å². The van der Waals surface area contributed by atoms with E-state index in [-0.39, 0.29) is 30.1 Å². The van der Waals surface area contributed by atoms with Crippen LogP contribution in [0.5, 0.6) is 0 Å². The Morgan fingerprint density at radius 2 is 1.72 bits per heavy atom. The Balaban J connectivity index is 0.00000312. The van der Waals surface area contributed by atoms with E-state index in [0.29, 0.717) is 23.7 Å². The number of nitrogens with two attached hydrogens (primary N) is 1. The Morgan fingerprint density at radius 1 is 1.12 bits per heavy atom. The lowest BCUT2D eigenvalue weighted by Gasteiger charge is -2.21. The number of halogens is 1. The van der Waals surface area contributed by atoms with Crippen molar-refractivity contribution in [1.82, 2.24) is 0 Å².